The molecule has 0 amide bonds. The molecule has 0 aliphatic heterocycles. The maximum absolute atomic E-state index is 7.20. The van der Waals surface area contributed by atoms with Crippen molar-refractivity contribution < 1.29 is 0 Å². The number of rotatable bonds is 4. The van der Waals surface area contributed by atoms with Crippen LogP contribution in [-0.2, 0) is 0 Å². The molecule has 0 aromatic heterocycles. The number of nitrogens with one attached hydrogen (secondary N) is 2. The van der Waals surface area contributed by atoms with Crippen LogP contribution in [0.3, 0.4) is 0 Å². The summed E-state index contributed by atoms with van der Waals surface area (Å²) in [6.45, 7) is 2.03. The molecule has 0 fully saturated rings. The first kappa shape index (κ1) is 8.08. The Hall–Kier alpha value is -0.920. The molecule has 0 bridgehead atoms. The smallest absolute Gasteiger partial charge is 0.0314 e. The molecule has 0 aliphatic rings. The van der Waals surface area contributed by atoms with E-state index in [2.05, 4.69) is 0 Å². The lowest BCUT2D eigenvalue weighted by Gasteiger charge is -1.89. The minimum atomic E-state index is 0.598. The van der Waals surface area contributed by atoms with E-state index in [0.717, 1.165) is 12.8 Å². The highest BCUT2D eigenvalue weighted by Gasteiger charge is 1.84. The van der Waals surface area contributed by atoms with Crippen molar-refractivity contribution in [2.24, 2.45) is 0 Å². The van der Waals surface area contributed by atoms with Gasteiger partial charge in [-0.1, -0.05) is 13.3 Å². The summed E-state index contributed by atoms with van der Waals surface area (Å²) in [4.78, 5) is 0. The maximum Gasteiger partial charge on any atom is 0.0314 e. The van der Waals surface area contributed by atoms with Gasteiger partial charge in [0.15, 0.2) is 0 Å². The van der Waals surface area contributed by atoms with Crippen LogP contribution in [0.4, 0.5) is 0 Å². The lowest BCUT2D eigenvalue weighted by molar-refractivity contribution is 0.990. The van der Waals surface area contributed by atoms with Crippen molar-refractivity contribution in [3.8, 4) is 0 Å². The van der Waals surface area contributed by atoms with Gasteiger partial charge in [-0.2, -0.15) is 0 Å². The van der Waals surface area contributed by atoms with Crippen LogP contribution in [0, 0.1) is 10.8 Å². The van der Waals surface area contributed by atoms with Crippen molar-refractivity contribution in [2.75, 3.05) is 0 Å². The first-order chi connectivity index (χ1) is 4.31. The highest BCUT2D eigenvalue weighted by atomic mass is 14.4. The Morgan fingerprint density at radius 3 is 2.67 bits per heavy atom. The molecule has 2 heteroatoms. The number of hydrogen-bond acceptors (Lipinski definition) is 2. The van der Waals surface area contributed by atoms with E-state index in [1.807, 2.05) is 6.92 Å². The molecule has 2 nitrogen and oxygen atoms in total. The summed E-state index contributed by atoms with van der Waals surface area (Å²) in [7, 11) is 0. The second kappa shape index (κ2) is 5.22. The van der Waals surface area contributed by atoms with Crippen LogP contribution in [0.2, 0.25) is 0 Å². The fourth-order valence-corrected chi connectivity index (χ4v) is 0.517. The van der Waals surface area contributed by atoms with Gasteiger partial charge in [0.2, 0.25) is 0 Å². The molecule has 0 saturated carbocycles. The summed E-state index contributed by atoms with van der Waals surface area (Å²) < 4.78 is 0. The van der Waals surface area contributed by atoms with Crippen LogP contribution < -0.4 is 0 Å². The molecule has 0 aromatic rings. The molecule has 0 aromatic carbocycles. The summed E-state index contributed by atoms with van der Waals surface area (Å²) in [5, 5.41) is 13.8. The molecule has 2 N–H and O–H groups in total. The Kier molecular flexibility index (Phi) is 4.69. The monoisotopic (exact) mass is 124 g/mol. The highest BCUT2D eigenvalue weighted by Crippen LogP contribution is 1.89. The van der Waals surface area contributed by atoms with Crippen molar-refractivity contribution in [3.05, 3.63) is 12.2 Å². The van der Waals surface area contributed by atoms with E-state index >= 15 is 0 Å². The normalized spacial score (nSPS) is 9.89. The largest absolute Gasteiger partial charge is 0.309 e. The average Bonchev–Trinajstić information content (AvgIpc) is 1.85. The standard InChI is InChI=1S/C7H12N2/c1-2-4-7(9)5-3-6-8/h3,5-6,8-9H,2,4H2,1H3/b5-3-,8-6?,9-7?. The van der Waals surface area contributed by atoms with Gasteiger partial charge < -0.3 is 10.8 Å². The van der Waals surface area contributed by atoms with Gasteiger partial charge >= 0.3 is 0 Å². The van der Waals surface area contributed by atoms with E-state index in [1.165, 1.54) is 6.21 Å². The van der Waals surface area contributed by atoms with Crippen LogP contribution in [-0.4, -0.2) is 11.9 Å². The molecule has 0 radical (unpaired) electrons. The van der Waals surface area contributed by atoms with Crippen molar-refractivity contribution in [2.45, 2.75) is 19.8 Å². The molecule has 0 spiro atoms. The predicted molar refractivity (Wildman–Crippen MR) is 40.6 cm³/mol. The van der Waals surface area contributed by atoms with E-state index in [1.54, 1.807) is 12.2 Å². The molecule has 0 atom stereocenters. The molecule has 0 aliphatic carbocycles. The van der Waals surface area contributed by atoms with Crippen LogP contribution >= 0.6 is 0 Å². The zero-order chi connectivity index (χ0) is 7.11. The molecule has 0 saturated heterocycles. The van der Waals surface area contributed by atoms with Crippen LogP contribution in [0.1, 0.15) is 19.8 Å². The van der Waals surface area contributed by atoms with Crippen LogP contribution in [0.25, 0.3) is 0 Å². The second-order valence-electron chi connectivity index (χ2n) is 1.80. The van der Waals surface area contributed by atoms with Crippen molar-refractivity contribution in [3.63, 3.8) is 0 Å². The molecule has 9 heavy (non-hydrogen) atoms. The van der Waals surface area contributed by atoms with E-state index in [-0.39, 0.29) is 0 Å². The molecule has 0 unspecified atom stereocenters. The lowest BCUT2D eigenvalue weighted by atomic mass is 10.2. The van der Waals surface area contributed by atoms with Gasteiger partial charge in [-0.05, 0) is 18.6 Å². The third kappa shape index (κ3) is 4.94. The van der Waals surface area contributed by atoms with E-state index in [4.69, 9.17) is 10.8 Å². The average molecular weight is 124 g/mol. The second-order valence-corrected chi connectivity index (χ2v) is 1.80. The Balaban J connectivity index is 3.49. The summed E-state index contributed by atoms with van der Waals surface area (Å²) in [6.07, 6.45) is 6.21. The highest BCUT2D eigenvalue weighted by molar-refractivity contribution is 5.95. The van der Waals surface area contributed by atoms with E-state index in [9.17, 15) is 0 Å². The van der Waals surface area contributed by atoms with Gasteiger partial charge in [-0.15, -0.1) is 0 Å². The van der Waals surface area contributed by atoms with Crippen molar-refractivity contribution in [1.29, 1.82) is 10.8 Å². The Bertz CT molecular complexity index is 125. The molecule has 0 rings (SSSR count). The maximum atomic E-state index is 7.20. The number of allylic oxidation sites excluding steroid dienone is 2. The first-order valence-electron chi connectivity index (χ1n) is 3.05. The quantitative estimate of drug-likeness (QED) is 0.539. The Labute approximate surface area is 55.6 Å². The predicted octanol–water partition coefficient (Wildman–Crippen LogP) is 2.01. The Morgan fingerprint density at radius 2 is 2.22 bits per heavy atom. The van der Waals surface area contributed by atoms with Crippen LogP contribution in [0.5, 0.6) is 0 Å². The van der Waals surface area contributed by atoms with Crippen molar-refractivity contribution >= 4 is 11.9 Å². The van der Waals surface area contributed by atoms with E-state index in [0.29, 0.717) is 5.71 Å². The third-order valence-corrected chi connectivity index (χ3v) is 0.913. The minimum Gasteiger partial charge on any atom is -0.309 e. The molecular formula is C7H12N2. The first-order valence-corrected chi connectivity index (χ1v) is 3.05. The fraction of sp³-hybridized carbons (Fsp3) is 0.429. The van der Waals surface area contributed by atoms with Gasteiger partial charge in [-0.25, -0.2) is 0 Å². The van der Waals surface area contributed by atoms with Crippen molar-refractivity contribution in [1.82, 2.24) is 0 Å². The van der Waals surface area contributed by atoms with Gasteiger partial charge in [0.1, 0.15) is 0 Å². The zero-order valence-electron chi connectivity index (χ0n) is 5.65. The van der Waals surface area contributed by atoms with E-state index < -0.39 is 0 Å². The SMILES string of the molecule is CCCC(=N)/C=C\C=N. The van der Waals surface area contributed by atoms with Gasteiger partial charge in [0.05, 0.1) is 0 Å². The third-order valence-electron chi connectivity index (χ3n) is 0.913. The lowest BCUT2D eigenvalue weighted by Crippen LogP contribution is -1.87. The van der Waals surface area contributed by atoms with Gasteiger partial charge in [0, 0.05) is 11.9 Å². The molecule has 50 valence electrons. The summed E-state index contributed by atoms with van der Waals surface area (Å²) in [5.41, 5.74) is 0.598. The van der Waals surface area contributed by atoms with Gasteiger partial charge in [0.25, 0.3) is 0 Å². The fourth-order valence-electron chi connectivity index (χ4n) is 0.517. The summed E-state index contributed by atoms with van der Waals surface area (Å²) >= 11 is 0. The molecule has 0 heterocycles. The zero-order valence-corrected chi connectivity index (χ0v) is 5.65. The summed E-state index contributed by atoms with van der Waals surface area (Å²) in [5.74, 6) is 0. The minimum absolute atomic E-state index is 0.598. The van der Waals surface area contributed by atoms with Gasteiger partial charge in [-0.3, -0.25) is 0 Å². The number of hydrogen-bond donors (Lipinski definition) is 2. The molecular weight excluding hydrogens is 112 g/mol. The summed E-state index contributed by atoms with van der Waals surface area (Å²) in [6, 6.07) is 0. The topological polar surface area (TPSA) is 47.7 Å². The Morgan fingerprint density at radius 1 is 1.56 bits per heavy atom. The van der Waals surface area contributed by atoms with Crippen LogP contribution in [0.15, 0.2) is 12.2 Å².